The topological polar surface area (TPSA) is 71.3 Å². The van der Waals surface area contributed by atoms with Crippen LogP contribution in [0.4, 0.5) is 0 Å². The standard InChI is InChI=1S/C16H17ClN2O3S/c1-11(23-13-6-4-12(17)5-7-13)15(20)18-8-9-19-16(21)14-3-2-10-22-14/h2-7,10-11H,8-9H2,1H3,(H,18,20)(H,19,21)/t11-/m0/s1. The van der Waals surface area contributed by atoms with Crippen molar-refractivity contribution in [2.24, 2.45) is 0 Å². The van der Waals surface area contributed by atoms with Gasteiger partial charge in [0.25, 0.3) is 5.91 Å². The highest BCUT2D eigenvalue weighted by Gasteiger charge is 2.14. The monoisotopic (exact) mass is 352 g/mol. The zero-order chi connectivity index (χ0) is 16.7. The predicted molar refractivity (Wildman–Crippen MR) is 90.8 cm³/mol. The molecule has 2 rings (SSSR count). The van der Waals surface area contributed by atoms with Gasteiger partial charge in [0.1, 0.15) is 0 Å². The van der Waals surface area contributed by atoms with Gasteiger partial charge in [-0.25, -0.2) is 0 Å². The first-order chi connectivity index (χ1) is 11.1. The van der Waals surface area contributed by atoms with Crippen molar-refractivity contribution in [1.29, 1.82) is 0 Å². The first-order valence-electron chi connectivity index (χ1n) is 7.08. The second kappa shape index (κ2) is 8.64. The number of rotatable bonds is 7. The Hall–Kier alpha value is -1.92. The van der Waals surface area contributed by atoms with Gasteiger partial charge in [-0.15, -0.1) is 11.8 Å². The highest BCUT2D eigenvalue weighted by molar-refractivity contribution is 8.00. The number of nitrogens with one attached hydrogen (secondary N) is 2. The maximum Gasteiger partial charge on any atom is 0.287 e. The number of thioether (sulfide) groups is 1. The van der Waals surface area contributed by atoms with Crippen molar-refractivity contribution < 1.29 is 14.0 Å². The lowest BCUT2D eigenvalue weighted by Crippen LogP contribution is -2.37. The van der Waals surface area contributed by atoms with Crippen molar-refractivity contribution in [2.75, 3.05) is 13.1 Å². The van der Waals surface area contributed by atoms with Gasteiger partial charge in [0.15, 0.2) is 5.76 Å². The van der Waals surface area contributed by atoms with E-state index in [1.54, 1.807) is 24.3 Å². The fraction of sp³-hybridized carbons (Fsp3) is 0.250. The first kappa shape index (κ1) is 17.4. The van der Waals surface area contributed by atoms with Crippen molar-refractivity contribution in [2.45, 2.75) is 17.1 Å². The van der Waals surface area contributed by atoms with Crippen LogP contribution in [-0.4, -0.2) is 30.2 Å². The van der Waals surface area contributed by atoms with E-state index in [9.17, 15) is 9.59 Å². The summed E-state index contributed by atoms with van der Waals surface area (Å²) in [6, 6.07) is 10.6. The Morgan fingerprint density at radius 2 is 1.87 bits per heavy atom. The minimum atomic E-state index is -0.298. The molecule has 1 aromatic heterocycles. The molecule has 0 unspecified atom stereocenters. The fourth-order valence-corrected chi connectivity index (χ4v) is 2.79. The first-order valence-corrected chi connectivity index (χ1v) is 8.33. The lowest BCUT2D eigenvalue weighted by molar-refractivity contribution is -0.120. The second-order valence-corrected chi connectivity index (χ2v) is 6.59. The molecule has 1 heterocycles. The van der Waals surface area contributed by atoms with Crippen LogP contribution >= 0.6 is 23.4 Å². The molecule has 0 bridgehead atoms. The molecule has 0 saturated heterocycles. The number of carbonyl (C=O) groups is 2. The van der Waals surface area contributed by atoms with Gasteiger partial charge in [-0.1, -0.05) is 11.6 Å². The second-order valence-electron chi connectivity index (χ2n) is 4.74. The van der Waals surface area contributed by atoms with E-state index < -0.39 is 0 Å². The number of hydrogen-bond donors (Lipinski definition) is 2. The molecule has 0 radical (unpaired) electrons. The summed E-state index contributed by atoms with van der Waals surface area (Å²) in [7, 11) is 0. The van der Waals surface area contributed by atoms with E-state index >= 15 is 0 Å². The maximum absolute atomic E-state index is 12.0. The zero-order valence-electron chi connectivity index (χ0n) is 12.5. The average Bonchev–Trinajstić information content (AvgIpc) is 3.07. The molecule has 2 amide bonds. The van der Waals surface area contributed by atoms with E-state index in [-0.39, 0.29) is 22.8 Å². The number of amides is 2. The predicted octanol–water partition coefficient (Wildman–Crippen LogP) is 2.96. The van der Waals surface area contributed by atoms with Crippen LogP contribution in [0.2, 0.25) is 5.02 Å². The summed E-state index contributed by atoms with van der Waals surface area (Å²) in [5, 5.41) is 5.88. The highest BCUT2D eigenvalue weighted by atomic mass is 35.5. The molecule has 0 spiro atoms. The molecule has 7 heteroatoms. The van der Waals surface area contributed by atoms with Crippen LogP contribution in [0.3, 0.4) is 0 Å². The van der Waals surface area contributed by atoms with Gasteiger partial charge >= 0.3 is 0 Å². The maximum atomic E-state index is 12.0. The molecule has 1 atom stereocenters. The molecule has 2 N–H and O–H groups in total. The third kappa shape index (κ3) is 5.65. The Kier molecular flexibility index (Phi) is 6.55. The molecule has 0 aliphatic rings. The normalized spacial score (nSPS) is 11.7. The van der Waals surface area contributed by atoms with Crippen molar-refractivity contribution in [1.82, 2.24) is 10.6 Å². The minimum absolute atomic E-state index is 0.0859. The molecule has 0 aliphatic heterocycles. The number of hydrogen-bond acceptors (Lipinski definition) is 4. The SMILES string of the molecule is C[C@H](Sc1ccc(Cl)cc1)C(=O)NCCNC(=O)c1ccco1. The summed E-state index contributed by atoms with van der Waals surface area (Å²) in [4.78, 5) is 24.6. The zero-order valence-corrected chi connectivity index (χ0v) is 14.1. The van der Waals surface area contributed by atoms with E-state index in [1.165, 1.54) is 18.0 Å². The number of furan rings is 1. The quantitative estimate of drug-likeness (QED) is 0.593. The summed E-state index contributed by atoms with van der Waals surface area (Å²) in [6.45, 7) is 2.52. The smallest absolute Gasteiger partial charge is 0.287 e. The lowest BCUT2D eigenvalue weighted by atomic mass is 10.4. The van der Waals surface area contributed by atoms with E-state index in [0.717, 1.165) is 4.90 Å². The van der Waals surface area contributed by atoms with Crippen molar-refractivity contribution in [3.8, 4) is 0 Å². The summed E-state index contributed by atoms with van der Waals surface area (Å²) in [5.74, 6) is -0.131. The van der Waals surface area contributed by atoms with Crippen molar-refractivity contribution >= 4 is 35.2 Å². The highest BCUT2D eigenvalue weighted by Crippen LogP contribution is 2.24. The van der Waals surface area contributed by atoms with Gasteiger partial charge in [0, 0.05) is 23.0 Å². The van der Waals surface area contributed by atoms with Gasteiger partial charge in [-0.3, -0.25) is 9.59 Å². The molecule has 0 saturated carbocycles. The molecule has 23 heavy (non-hydrogen) atoms. The third-order valence-electron chi connectivity index (χ3n) is 2.95. The number of benzene rings is 1. The summed E-state index contributed by atoms with van der Waals surface area (Å²) < 4.78 is 4.97. The van der Waals surface area contributed by atoms with Crippen molar-refractivity contribution in [3.63, 3.8) is 0 Å². The van der Waals surface area contributed by atoms with Crippen molar-refractivity contribution in [3.05, 3.63) is 53.4 Å². The summed E-state index contributed by atoms with van der Waals surface area (Å²) in [5.41, 5.74) is 0. The number of carbonyl (C=O) groups excluding carboxylic acids is 2. The van der Waals surface area contributed by atoms with Crippen LogP contribution in [-0.2, 0) is 4.79 Å². The number of halogens is 1. The van der Waals surface area contributed by atoms with Crippen LogP contribution in [0.5, 0.6) is 0 Å². The molecule has 0 fully saturated rings. The van der Waals surface area contributed by atoms with E-state index in [0.29, 0.717) is 18.1 Å². The molecular formula is C16H17ClN2O3S. The van der Waals surface area contributed by atoms with Gasteiger partial charge < -0.3 is 15.1 Å². The largest absolute Gasteiger partial charge is 0.459 e. The minimum Gasteiger partial charge on any atom is -0.459 e. The van der Waals surface area contributed by atoms with Crippen LogP contribution in [0.1, 0.15) is 17.5 Å². The molecular weight excluding hydrogens is 336 g/mol. The van der Waals surface area contributed by atoms with Gasteiger partial charge in [-0.05, 0) is 43.3 Å². The van der Waals surface area contributed by atoms with E-state index in [2.05, 4.69) is 10.6 Å². The fourth-order valence-electron chi connectivity index (χ4n) is 1.77. The van der Waals surface area contributed by atoms with Crippen LogP contribution < -0.4 is 10.6 Å². The average molecular weight is 353 g/mol. The Bertz CT molecular complexity index is 644. The lowest BCUT2D eigenvalue weighted by Gasteiger charge is -2.12. The molecule has 122 valence electrons. The Labute approximate surface area is 143 Å². The van der Waals surface area contributed by atoms with E-state index in [4.69, 9.17) is 16.0 Å². The Morgan fingerprint density at radius 1 is 1.17 bits per heavy atom. The van der Waals surface area contributed by atoms with E-state index in [1.807, 2.05) is 19.1 Å². The third-order valence-corrected chi connectivity index (χ3v) is 4.31. The molecule has 5 nitrogen and oxygen atoms in total. The van der Waals surface area contributed by atoms with Gasteiger partial charge in [0.05, 0.1) is 11.5 Å². The Balaban J connectivity index is 1.67. The summed E-state index contributed by atoms with van der Waals surface area (Å²) in [6.07, 6.45) is 1.44. The van der Waals surface area contributed by atoms with Crippen LogP contribution in [0.25, 0.3) is 0 Å². The van der Waals surface area contributed by atoms with Crippen LogP contribution in [0.15, 0.2) is 52.0 Å². The van der Waals surface area contributed by atoms with Crippen LogP contribution in [0, 0.1) is 0 Å². The Morgan fingerprint density at radius 3 is 2.52 bits per heavy atom. The summed E-state index contributed by atoms with van der Waals surface area (Å²) >= 11 is 7.28. The van der Waals surface area contributed by atoms with Gasteiger partial charge in [-0.2, -0.15) is 0 Å². The molecule has 1 aromatic carbocycles. The van der Waals surface area contributed by atoms with Gasteiger partial charge in [0.2, 0.25) is 5.91 Å². The molecule has 2 aromatic rings. The molecule has 0 aliphatic carbocycles.